The Morgan fingerprint density at radius 3 is 2.60 bits per heavy atom. The van der Waals surface area contributed by atoms with Gasteiger partial charge in [-0.1, -0.05) is 6.92 Å². The summed E-state index contributed by atoms with van der Waals surface area (Å²) in [6, 6.07) is 2.21. The van der Waals surface area contributed by atoms with E-state index in [1.807, 2.05) is 6.92 Å². The molecule has 0 spiro atoms. The van der Waals surface area contributed by atoms with Crippen LogP contribution in [0.3, 0.4) is 0 Å². The van der Waals surface area contributed by atoms with Crippen molar-refractivity contribution in [2.24, 2.45) is 13.0 Å². The second-order valence-corrected chi connectivity index (χ2v) is 4.37. The molecule has 0 amide bonds. The van der Waals surface area contributed by atoms with E-state index < -0.39 is 0 Å². The Morgan fingerprint density at radius 2 is 2.13 bits per heavy atom. The van der Waals surface area contributed by atoms with Gasteiger partial charge in [-0.05, 0) is 31.4 Å². The second-order valence-electron chi connectivity index (χ2n) is 4.37. The van der Waals surface area contributed by atoms with Crippen molar-refractivity contribution in [1.29, 1.82) is 0 Å². The average molecular weight is 210 g/mol. The van der Waals surface area contributed by atoms with Gasteiger partial charge in [0.15, 0.2) is 0 Å². The number of aromatic nitrogens is 1. The Labute approximate surface area is 92.1 Å². The first-order chi connectivity index (χ1) is 7.06. The zero-order chi connectivity index (χ0) is 11.4. The first-order valence-corrected chi connectivity index (χ1v) is 5.49. The topological polar surface area (TPSA) is 37.2 Å². The van der Waals surface area contributed by atoms with Crippen molar-refractivity contribution >= 4 is 0 Å². The molecular weight excluding hydrogens is 188 g/mol. The Hall–Kier alpha value is -0.800. The summed E-state index contributed by atoms with van der Waals surface area (Å²) in [7, 11) is 2.09. The van der Waals surface area contributed by atoms with Crippen molar-refractivity contribution in [1.82, 2.24) is 9.88 Å². The summed E-state index contributed by atoms with van der Waals surface area (Å²) in [5.41, 5.74) is 3.95. The normalized spacial score (nSPS) is 13.1. The van der Waals surface area contributed by atoms with E-state index in [0.717, 1.165) is 13.1 Å². The van der Waals surface area contributed by atoms with Crippen molar-refractivity contribution in [3.63, 3.8) is 0 Å². The highest BCUT2D eigenvalue weighted by atomic mass is 16.3. The van der Waals surface area contributed by atoms with E-state index in [9.17, 15) is 0 Å². The molecular formula is C12H22N2O. The van der Waals surface area contributed by atoms with Gasteiger partial charge in [0.25, 0.3) is 0 Å². The van der Waals surface area contributed by atoms with Crippen molar-refractivity contribution in [2.45, 2.75) is 27.3 Å². The lowest BCUT2D eigenvalue weighted by molar-refractivity contribution is 0.233. The summed E-state index contributed by atoms with van der Waals surface area (Å²) in [5.74, 6) is 0.329. The van der Waals surface area contributed by atoms with Crippen LogP contribution in [0.1, 0.15) is 23.9 Å². The molecule has 0 bridgehead atoms. The molecule has 0 fully saturated rings. The van der Waals surface area contributed by atoms with E-state index in [4.69, 9.17) is 5.11 Å². The van der Waals surface area contributed by atoms with Crippen LogP contribution < -0.4 is 5.32 Å². The van der Waals surface area contributed by atoms with Gasteiger partial charge in [-0.25, -0.2) is 0 Å². The molecule has 3 nitrogen and oxygen atoms in total. The van der Waals surface area contributed by atoms with Crippen molar-refractivity contribution in [3.05, 3.63) is 23.0 Å². The van der Waals surface area contributed by atoms with Gasteiger partial charge < -0.3 is 15.0 Å². The average Bonchev–Trinajstić information content (AvgIpc) is 2.46. The number of rotatable bonds is 5. The quantitative estimate of drug-likeness (QED) is 0.770. The summed E-state index contributed by atoms with van der Waals surface area (Å²) in [6.07, 6.45) is 0. The molecule has 15 heavy (non-hydrogen) atoms. The third kappa shape index (κ3) is 3.08. The Balaban J connectivity index is 2.47. The molecule has 0 radical (unpaired) electrons. The van der Waals surface area contributed by atoms with Crippen LogP contribution in [0.15, 0.2) is 6.07 Å². The van der Waals surface area contributed by atoms with E-state index in [1.165, 1.54) is 17.0 Å². The summed E-state index contributed by atoms with van der Waals surface area (Å²) in [5, 5.41) is 12.3. The van der Waals surface area contributed by atoms with Gasteiger partial charge in [-0.15, -0.1) is 0 Å². The maximum Gasteiger partial charge on any atom is 0.0468 e. The number of nitrogens with one attached hydrogen (secondary N) is 1. The molecule has 3 heteroatoms. The lowest BCUT2D eigenvalue weighted by Crippen LogP contribution is -2.22. The predicted molar refractivity (Wildman–Crippen MR) is 62.8 cm³/mol. The maximum absolute atomic E-state index is 8.89. The highest BCUT2D eigenvalue weighted by Crippen LogP contribution is 2.12. The van der Waals surface area contributed by atoms with Gasteiger partial charge in [0.2, 0.25) is 0 Å². The fourth-order valence-electron chi connectivity index (χ4n) is 1.63. The molecule has 1 aromatic rings. The minimum absolute atomic E-state index is 0.250. The van der Waals surface area contributed by atoms with Crippen molar-refractivity contribution < 1.29 is 5.11 Å². The van der Waals surface area contributed by atoms with E-state index in [1.54, 1.807) is 0 Å². The monoisotopic (exact) mass is 210 g/mol. The smallest absolute Gasteiger partial charge is 0.0468 e. The first-order valence-electron chi connectivity index (χ1n) is 5.49. The Morgan fingerprint density at radius 1 is 1.47 bits per heavy atom. The van der Waals surface area contributed by atoms with Gasteiger partial charge in [0, 0.05) is 38.1 Å². The Kier molecular flexibility index (Phi) is 4.36. The van der Waals surface area contributed by atoms with Gasteiger partial charge in [-0.3, -0.25) is 0 Å². The van der Waals surface area contributed by atoms with E-state index >= 15 is 0 Å². The zero-order valence-electron chi connectivity index (χ0n) is 10.2. The van der Waals surface area contributed by atoms with Crippen LogP contribution in [-0.4, -0.2) is 22.8 Å². The SMILES string of the molecule is Cc1cc(CNCC(C)CO)c(C)n1C. The molecule has 1 unspecified atom stereocenters. The maximum atomic E-state index is 8.89. The highest BCUT2D eigenvalue weighted by Gasteiger charge is 2.06. The van der Waals surface area contributed by atoms with E-state index in [0.29, 0.717) is 5.92 Å². The van der Waals surface area contributed by atoms with Crippen LogP contribution in [0.4, 0.5) is 0 Å². The minimum Gasteiger partial charge on any atom is -0.396 e. The predicted octanol–water partition coefficient (Wildman–Crippen LogP) is 1.36. The lowest BCUT2D eigenvalue weighted by atomic mass is 10.2. The molecule has 2 N–H and O–H groups in total. The van der Waals surface area contributed by atoms with Crippen LogP contribution in [0, 0.1) is 19.8 Å². The van der Waals surface area contributed by atoms with Crippen LogP contribution in [-0.2, 0) is 13.6 Å². The number of hydrogen-bond donors (Lipinski definition) is 2. The molecule has 1 rings (SSSR count). The van der Waals surface area contributed by atoms with Crippen molar-refractivity contribution in [2.75, 3.05) is 13.2 Å². The number of aliphatic hydroxyl groups is 1. The molecule has 0 saturated heterocycles. The minimum atomic E-state index is 0.250. The molecule has 0 saturated carbocycles. The van der Waals surface area contributed by atoms with E-state index in [-0.39, 0.29) is 6.61 Å². The Bertz CT molecular complexity index is 318. The number of nitrogens with zero attached hydrogens (tertiary/aromatic N) is 1. The third-order valence-electron chi connectivity index (χ3n) is 3.00. The highest BCUT2D eigenvalue weighted by molar-refractivity contribution is 5.26. The van der Waals surface area contributed by atoms with E-state index in [2.05, 4.69) is 36.8 Å². The van der Waals surface area contributed by atoms with Gasteiger partial charge in [0.1, 0.15) is 0 Å². The van der Waals surface area contributed by atoms with Crippen LogP contribution in [0.25, 0.3) is 0 Å². The summed E-state index contributed by atoms with van der Waals surface area (Å²) >= 11 is 0. The number of hydrogen-bond acceptors (Lipinski definition) is 2. The molecule has 1 atom stereocenters. The summed E-state index contributed by atoms with van der Waals surface area (Å²) in [4.78, 5) is 0. The van der Waals surface area contributed by atoms with Gasteiger partial charge in [0.05, 0.1) is 0 Å². The van der Waals surface area contributed by atoms with Crippen LogP contribution in [0.5, 0.6) is 0 Å². The molecule has 0 aliphatic carbocycles. The fourth-order valence-corrected chi connectivity index (χ4v) is 1.63. The lowest BCUT2D eigenvalue weighted by Gasteiger charge is -2.09. The molecule has 1 aromatic heterocycles. The van der Waals surface area contributed by atoms with Crippen LogP contribution in [0.2, 0.25) is 0 Å². The second kappa shape index (κ2) is 5.33. The molecule has 0 aliphatic heterocycles. The summed E-state index contributed by atoms with van der Waals surface area (Å²) in [6.45, 7) is 8.30. The fraction of sp³-hybridized carbons (Fsp3) is 0.667. The van der Waals surface area contributed by atoms with Gasteiger partial charge >= 0.3 is 0 Å². The third-order valence-corrected chi connectivity index (χ3v) is 3.00. The van der Waals surface area contributed by atoms with Crippen molar-refractivity contribution in [3.8, 4) is 0 Å². The number of aryl methyl sites for hydroxylation is 1. The number of aliphatic hydroxyl groups excluding tert-OH is 1. The zero-order valence-corrected chi connectivity index (χ0v) is 10.2. The molecule has 1 heterocycles. The first kappa shape index (κ1) is 12.3. The summed E-state index contributed by atoms with van der Waals surface area (Å²) < 4.78 is 2.20. The largest absolute Gasteiger partial charge is 0.396 e. The molecule has 86 valence electrons. The van der Waals surface area contributed by atoms with Crippen LogP contribution >= 0.6 is 0 Å². The standard InChI is InChI=1S/C12H22N2O/c1-9(8-15)6-13-7-12-5-10(2)14(4)11(12)3/h5,9,13,15H,6-8H2,1-4H3. The molecule has 0 aromatic carbocycles. The van der Waals surface area contributed by atoms with Gasteiger partial charge in [-0.2, -0.15) is 0 Å². The molecule has 0 aliphatic rings.